The lowest BCUT2D eigenvalue weighted by molar-refractivity contribution is -0.117. The zero-order chi connectivity index (χ0) is 15.6. The molecular weight excluding hydrogens is 290 g/mol. The van der Waals surface area contributed by atoms with Gasteiger partial charge in [-0.3, -0.25) is 9.89 Å². The van der Waals surface area contributed by atoms with Crippen molar-refractivity contribution in [3.8, 4) is 5.75 Å². The van der Waals surface area contributed by atoms with Gasteiger partial charge >= 0.3 is 0 Å². The number of amides is 1. The van der Waals surface area contributed by atoms with Gasteiger partial charge in [-0.1, -0.05) is 11.6 Å². The molecule has 5 nitrogen and oxygen atoms in total. The number of benzene rings is 1. The number of H-pyrrole nitrogens is 1. The van der Waals surface area contributed by atoms with Gasteiger partial charge in [0.05, 0.1) is 23.7 Å². The molecule has 0 radical (unpaired) electrons. The molecule has 1 atom stereocenters. The molecule has 1 amide bonds. The van der Waals surface area contributed by atoms with Crippen LogP contribution in [0.3, 0.4) is 0 Å². The standard InChI is InChI=1S/C15H18ClN3O2/c1-8(14-9(2)18-19-10(14)3)15(20)17-11-5-6-13(21-4)12(16)7-11/h5-8H,1-4H3,(H,17,20)(H,18,19). The van der Waals surface area contributed by atoms with Crippen LogP contribution in [0.5, 0.6) is 5.75 Å². The minimum Gasteiger partial charge on any atom is -0.495 e. The maximum atomic E-state index is 12.4. The van der Waals surface area contributed by atoms with Crippen LogP contribution >= 0.6 is 11.6 Å². The molecule has 2 rings (SSSR count). The Morgan fingerprint density at radius 2 is 2.14 bits per heavy atom. The monoisotopic (exact) mass is 307 g/mol. The summed E-state index contributed by atoms with van der Waals surface area (Å²) in [5, 5.41) is 10.3. The number of nitrogens with one attached hydrogen (secondary N) is 2. The first-order valence-corrected chi connectivity index (χ1v) is 6.97. The van der Waals surface area contributed by atoms with E-state index < -0.39 is 0 Å². The van der Waals surface area contributed by atoms with Crippen LogP contribution in [0.15, 0.2) is 18.2 Å². The number of nitrogens with zero attached hydrogens (tertiary/aromatic N) is 1. The summed E-state index contributed by atoms with van der Waals surface area (Å²) in [5.41, 5.74) is 3.30. The average molecular weight is 308 g/mol. The number of carbonyl (C=O) groups excluding carboxylic acids is 1. The van der Waals surface area contributed by atoms with E-state index in [0.29, 0.717) is 16.5 Å². The predicted molar refractivity (Wildman–Crippen MR) is 83.1 cm³/mol. The zero-order valence-electron chi connectivity index (χ0n) is 12.5. The quantitative estimate of drug-likeness (QED) is 0.909. The second-order valence-electron chi connectivity index (χ2n) is 4.91. The molecule has 0 fully saturated rings. The molecule has 2 N–H and O–H groups in total. The van der Waals surface area contributed by atoms with E-state index in [-0.39, 0.29) is 11.8 Å². The third kappa shape index (κ3) is 3.19. The molecule has 21 heavy (non-hydrogen) atoms. The Morgan fingerprint density at radius 3 is 2.67 bits per heavy atom. The van der Waals surface area contributed by atoms with Gasteiger partial charge in [0, 0.05) is 16.9 Å². The highest BCUT2D eigenvalue weighted by molar-refractivity contribution is 6.32. The molecule has 1 heterocycles. The van der Waals surface area contributed by atoms with E-state index in [9.17, 15) is 4.79 Å². The van der Waals surface area contributed by atoms with Crippen molar-refractivity contribution in [1.82, 2.24) is 10.2 Å². The summed E-state index contributed by atoms with van der Waals surface area (Å²) < 4.78 is 5.09. The molecular formula is C15H18ClN3O2. The third-order valence-electron chi connectivity index (χ3n) is 3.43. The number of carbonyl (C=O) groups is 1. The predicted octanol–water partition coefficient (Wildman–Crippen LogP) is 3.43. The molecule has 2 aromatic rings. The molecule has 0 spiro atoms. The fourth-order valence-corrected chi connectivity index (χ4v) is 2.58. The molecule has 0 saturated heterocycles. The van der Waals surface area contributed by atoms with E-state index in [1.54, 1.807) is 25.3 Å². The lowest BCUT2D eigenvalue weighted by Crippen LogP contribution is -2.19. The Bertz CT molecular complexity index is 647. The van der Waals surface area contributed by atoms with Gasteiger partial charge in [-0.15, -0.1) is 0 Å². The summed E-state index contributed by atoms with van der Waals surface area (Å²) in [6, 6.07) is 5.14. The topological polar surface area (TPSA) is 67.0 Å². The largest absolute Gasteiger partial charge is 0.495 e. The number of rotatable bonds is 4. The molecule has 1 aromatic heterocycles. The number of ether oxygens (including phenoxy) is 1. The molecule has 0 saturated carbocycles. The molecule has 0 aliphatic carbocycles. The van der Waals surface area contributed by atoms with Crippen molar-refractivity contribution >= 4 is 23.2 Å². The highest BCUT2D eigenvalue weighted by atomic mass is 35.5. The van der Waals surface area contributed by atoms with Crippen molar-refractivity contribution in [2.75, 3.05) is 12.4 Å². The van der Waals surface area contributed by atoms with Crippen LogP contribution in [-0.4, -0.2) is 23.2 Å². The maximum absolute atomic E-state index is 12.4. The minimum atomic E-state index is -0.301. The zero-order valence-corrected chi connectivity index (χ0v) is 13.2. The van der Waals surface area contributed by atoms with Gasteiger partial charge in [-0.2, -0.15) is 5.10 Å². The second kappa shape index (κ2) is 6.18. The lowest BCUT2D eigenvalue weighted by atomic mass is 9.98. The van der Waals surface area contributed by atoms with Crippen LogP contribution in [0.25, 0.3) is 0 Å². The first-order valence-electron chi connectivity index (χ1n) is 6.60. The summed E-state index contributed by atoms with van der Waals surface area (Å²) in [5.74, 6) is 0.165. The smallest absolute Gasteiger partial charge is 0.231 e. The van der Waals surface area contributed by atoms with Crippen LogP contribution in [0.1, 0.15) is 29.8 Å². The highest BCUT2D eigenvalue weighted by Gasteiger charge is 2.21. The number of hydrogen-bond acceptors (Lipinski definition) is 3. The van der Waals surface area contributed by atoms with Crippen molar-refractivity contribution in [1.29, 1.82) is 0 Å². The molecule has 6 heteroatoms. The second-order valence-corrected chi connectivity index (χ2v) is 5.32. The van der Waals surface area contributed by atoms with Crippen molar-refractivity contribution in [2.45, 2.75) is 26.7 Å². The number of aromatic amines is 1. The normalized spacial score (nSPS) is 12.0. The van der Waals surface area contributed by atoms with Gasteiger partial charge < -0.3 is 10.1 Å². The number of halogens is 1. The van der Waals surface area contributed by atoms with Crippen molar-refractivity contribution < 1.29 is 9.53 Å². The van der Waals surface area contributed by atoms with E-state index in [1.807, 2.05) is 20.8 Å². The number of aryl methyl sites for hydroxylation is 2. The first-order chi connectivity index (χ1) is 9.93. The third-order valence-corrected chi connectivity index (χ3v) is 3.73. The molecule has 1 aromatic carbocycles. The number of anilines is 1. The Balaban J connectivity index is 2.16. The molecule has 1 unspecified atom stereocenters. The van der Waals surface area contributed by atoms with Gasteiger partial charge in [0.25, 0.3) is 0 Å². The number of aromatic nitrogens is 2. The summed E-state index contributed by atoms with van der Waals surface area (Å²) in [7, 11) is 1.55. The molecule has 0 aliphatic heterocycles. The number of methoxy groups -OCH3 is 1. The fraction of sp³-hybridized carbons (Fsp3) is 0.333. The van der Waals surface area contributed by atoms with Gasteiger partial charge in [-0.05, 0) is 39.0 Å². The first kappa shape index (κ1) is 15.4. The van der Waals surface area contributed by atoms with Crippen LogP contribution in [0.2, 0.25) is 5.02 Å². The van der Waals surface area contributed by atoms with E-state index in [2.05, 4.69) is 15.5 Å². The average Bonchev–Trinajstić information content (AvgIpc) is 2.77. The highest BCUT2D eigenvalue weighted by Crippen LogP contribution is 2.28. The Kier molecular flexibility index (Phi) is 4.53. The molecule has 0 bridgehead atoms. The van der Waals surface area contributed by atoms with Crippen LogP contribution in [-0.2, 0) is 4.79 Å². The van der Waals surface area contributed by atoms with E-state index in [4.69, 9.17) is 16.3 Å². The van der Waals surface area contributed by atoms with Gasteiger partial charge in [0.1, 0.15) is 5.75 Å². The van der Waals surface area contributed by atoms with Crippen molar-refractivity contribution in [2.24, 2.45) is 0 Å². The van der Waals surface area contributed by atoms with Crippen LogP contribution in [0.4, 0.5) is 5.69 Å². The molecule has 112 valence electrons. The van der Waals surface area contributed by atoms with E-state index >= 15 is 0 Å². The van der Waals surface area contributed by atoms with E-state index in [1.165, 1.54) is 0 Å². The van der Waals surface area contributed by atoms with Gasteiger partial charge in [0.2, 0.25) is 5.91 Å². The lowest BCUT2D eigenvalue weighted by Gasteiger charge is -2.13. The van der Waals surface area contributed by atoms with Crippen LogP contribution in [0, 0.1) is 13.8 Å². The van der Waals surface area contributed by atoms with Crippen molar-refractivity contribution in [3.05, 3.63) is 40.2 Å². The Hall–Kier alpha value is -2.01. The minimum absolute atomic E-state index is 0.108. The fourth-order valence-electron chi connectivity index (χ4n) is 2.32. The summed E-state index contributed by atoms with van der Waals surface area (Å²) >= 11 is 6.05. The maximum Gasteiger partial charge on any atom is 0.231 e. The SMILES string of the molecule is COc1ccc(NC(=O)C(C)c2c(C)n[nH]c2C)cc1Cl. The number of hydrogen-bond donors (Lipinski definition) is 2. The van der Waals surface area contributed by atoms with Gasteiger partial charge in [-0.25, -0.2) is 0 Å². The molecule has 0 aliphatic rings. The summed E-state index contributed by atoms with van der Waals surface area (Å²) in [6.45, 7) is 5.64. The Morgan fingerprint density at radius 1 is 1.43 bits per heavy atom. The van der Waals surface area contributed by atoms with Gasteiger partial charge in [0.15, 0.2) is 0 Å². The summed E-state index contributed by atoms with van der Waals surface area (Å²) in [4.78, 5) is 12.4. The van der Waals surface area contributed by atoms with Crippen LogP contribution < -0.4 is 10.1 Å². The van der Waals surface area contributed by atoms with E-state index in [0.717, 1.165) is 17.0 Å². The Labute approximate surface area is 128 Å². The summed E-state index contributed by atoms with van der Waals surface area (Å²) in [6.07, 6.45) is 0. The van der Waals surface area contributed by atoms with Crippen molar-refractivity contribution in [3.63, 3.8) is 0 Å².